The van der Waals surface area contributed by atoms with E-state index in [0.29, 0.717) is 5.56 Å². The Labute approximate surface area is 90.9 Å². The molecule has 82 valence electrons. The van der Waals surface area contributed by atoms with Gasteiger partial charge in [-0.15, -0.1) is 0 Å². The highest BCUT2D eigenvalue weighted by Crippen LogP contribution is 2.26. The number of carbonyl (C=O) groups excluding carboxylic acids is 1. The van der Waals surface area contributed by atoms with Crippen molar-refractivity contribution in [3.05, 3.63) is 35.4 Å². The molecule has 0 saturated carbocycles. The third-order valence-electron chi connectivity index (χ3n) is 3.02. The Bertz CT molecular complexity index is 336. The lowest BCUT2D eigenvalue weighted by Gasteiger charge is -2.23. The first-order chi connectivity index (χ1) is 7.01. The molecule has 0 bridgehead atoms. The third-order valence-corrected chi connectivity index (χ3v) is 3.02. The fraction of sp³-hybridized carbons (Fsp3) is 0.462. The summed E-state index contributed by atoms with van der Waals surface area (Å²) in [6, 6.07) is 7.50. The van der Waals surface area contributed by atoms with Crippen LogP contribution in [0.4, 0.5) is 0 Å². The minimum absolute atomic E-state index is 0.140. The first-order valence-electron chi connectivity index (χ1n) is 5.26. The van der Waals surface area contributed by atoms with E-state index < -0.39 is 6.61 Å². The van der Waals surface area contributed by atoms with E-state index in [1.807, 2.05) is 12.1 Å². The van der Waals surface area contributed by atoms with Crippen molar-refractivity contribution in [2.75, 3.05) is 6.61 Å². The first-order valence-corrected chi connectivity index (χ1v) is 5.26. The lowest BCUT2D eigenvalue weighted by Crippen LogP contribution is -2.15. The molecule has 1 aromatic rings. The highest BCUT2D eigenvalue weighted by atomic mass is 16.3. The van der Waals surface area contributed by atoms with Crippen LogP contribution in [0.1, 0.15) is 43.1 Å². The summed E-state index contributed by atoms with van der Waals surface area (Å²) in [5.41, 5.74) is 1.94. The second-order valence-corrected chi connectivity index (χ2v) is 4.40. The molecule has 2 heteroatoms. The van der Waals surface area contributed by atoms with E-state index in [4.69, 9.17) is 5.11 Å². The van der Waals surface area contributed by atoms with Crippen LogP contribution in [0.2, 0.25) is 0 Å². The van der Waals surface area contributed by atoms with Crippen LogP contribution in [0.25, 0.3) is 0 Å². The lowest BCUT2D eigenvalue weighted by atomic mass is 9.82. The Morgan fingerprint density at radius 1 is 1.27 bits per heavy atom. The molecule has 1 aromatic carbocycles. The summed E-state index contributed by atoms with van der Waals surface area (Å²) >= 11 is 0. The zero-order chi connectivity index (χ0) is 11.5. The van der Waals surface area contributed by atoms with Crippen molar-refractivity contribution in [3.63, 3.8) is 0 Å². The Hall–Kier alpha value is -1.15. The molecule has 0 aliphatic heterocycles. The monoisotopic (exact) mass is 206 g/mol. The quantitative estimate of drug-likeness (QED) is 0.769. The molecule has 0 saturated heterocycles. The number of hydrogen-bond acceptors (Lipinski definition) is 2. The minimum Gasteiger partial charge on any atom is -0.388 e. The fourth-order valence-electron chi connectivity index (χ4n) is 1.40. The van der Waals surface area contributed by atoms with Gasteiger partial charge in [0.2, 0.25) is 0 Å². The van der Waals surface area contributed by atoms with Gasteiger partial charge in [0.05, 0.1) is 0 Å². The largest absolute Gasteiger partial charge is 0.388 e. The molecule has 0 aromatic heterocycles. The number of carbonyl (C=O) groups is 1. The Morgan fingerprint density at radius 2 is 1.80 bits per heavy atom. The van der Waals surface area contributed by atoms with Gasteiger partial charge in [-0.1, -0.05) is 45.0 Å². The van der Waals surface area contributed by atoms with Gasteiger partial charge in [-0.25, -0.2) is 0 Å². The minimum atomic E-state index is -0.420. The molecule has 15 heavy (non-hydrogen) atoms. The summed E-state index contributed by atoms with van der Waals surface area (Å²) in [4.78, 5) is 11.2. The van der Waals surface area contributed by atoms with Crippen molar-refractivity contribution in [1.29, 1.82) is 0 Å². The van der Waals surface area contributed by atoms with Crippen LogP contribution in [-0.2, 0) is 5.41 Å². The number of rotatable bonds is 4. The van der Waals surface area contributed by atoms with Crippen molar-refractivity contribution in [3.8, 4) is 0 Å². The molecule has 0 aliphatic rings. The van der Waals surface area contributed by atoms with Gasteiger partial charge in [0.25, 0.3) is 0 Å². The van der Waals surface area contributed by atoms with E-state index in [0.717, 1.165) is 6.42 Å². The van der Waals surface area contributed by atoms with Crippen molar-refractivity contribution < 1.29 is 9.90 Å². The number of Topliss-reactive ketones (excluding diaryl/α,β-unsaturated/α-hetero) is 1. The summed E-state index contributed by atoms with van der Waals surface area (Å²) in [6.07, 6.45) is 1.06. The Balaban J connectivity index is 2.95. The van der Waals surface area contributed by atoms with E-state index in [-0.39, 0.29) is 11.2 Å². The number of benzene rings is 1. The molecule has 0 heterocycles. The van der Waals surface area contributed by atoms with Crippen molar-refractivity contribution in [1.82, 2.24) is 0 Å². The average Bonchev–Trinajstić information content (AvgIpc) is 2.28. The van der Waals surface area contributed by atoms with Crippen molar-refractivity contribution >= 4 is 5.78 Å². The van der Waals surface area contributed by atoms with Crippen LogP contribution in [0.5, 0.6) is 0 Å². The van der Waals surface area contributed by atoms with Crippen LogP contribution in [-0.4, -0.2) is 17.5 Å². The molecule has 0 spiro atoms. The van der Waals surface area contributed by atoms with Crippen molar-refractivity contribution in [2.45, 2.75) is 32.6 Å². The molecule has 1 N–H and O–H groups in total. The van der Waals surface area contributed by atoms with Crippen LogP contribution in [0.15, 0.2) is 24.3 Å². The zero-order valence-electron chi connectivity index (χ0n) is 9.58. The second-order valence-electron chi connectivity index (χ2n) is 4.40. The summed E-state index contributed by atoms with van der Waals surface area (Å²) in [5.74, 6) is -0.226. The summed E-state index contributed by atoms with van der Waals surface area (Å²) < 4.78 is 0. The molecule has 0 fully saturated rings. The molecule has 2 nitrogen and oxygen atoms in total. The first kappa shape index (κ1) is 11.9. The van der Waals surface area contributed by atoms with Gasteiger partial charge < -0.3 is 5.11 Å². The van der Waals surface area contributed by atoms with Crippen LogP contribution >= 0.6 is 0 Å². The number of ketones is 1. The Kier molecular flexibility index (Phi) is 3.64. The molecule has 0 unspecified atom stereocenters. The van der Waals surface area contributed by atoms with E-state index in [1.165, 1.54) is 5.56 Å². The number of hydrogen-bond donors (Lipinski definition) is 1. The zero-order valence-corrected chi connectivity index (χ0v) is 9.58. The van der Waals surface area contributed by atoms with E-state index in [2.05, 4.69) is 20.8 Å². The summed E-state index contributed by atoms with van der Waals surface area (Å²) in [7, 11) is 0. The summed E-state index contributed by atoms with van der Waals surface area (Å²) in [5, 5.41) is 8.71. The van der Waals surface area contributed by atoms with Crippen LogP contribution < -0.4 is 0 Å². The fourth-order valence-corrected chi connectivity index (χ4v) is 1.40. The van der Waals surface area contributed by atoms with Gasteiger partial charge in [-0.2, -0.15) is 0 Å². The topological polar surface area (TPSA) is 37.3 Å². The third kappa shape index (κ3) is 2.66. The maximum atomic E-state index is 11.2. The molecule has 0 aliphatic carbocycles. The predicted octanol–water partition coefficient (Wildman–Crippen LogP) is 2.55. The van der Waals surface area contributed by atoms with Crippen LogP contribution in [0.3, 0.4) is 0 Å². The Morgan fingerprint density at radius 3 is 2.20 bits per heavy atom. The molecular formula is C13H18O2. The predicted molar refractivity (Wildman–Crippen MR) is 61.2 cm³/mol. The standard InChI is InChI=1S/C13H18O2/c1-4-13(2,3)11-7-5-10(6-8-11)12(15)9-14/h5-8,14H,4,9H2,1-3H3. The molecule has 0 atom stereocenters. The van der Waals surface area contributed by atoms with Gasteiger partial charge in [0.15, 0.2) is 5.78 Å². The second kappa shape index (κ2) is 4.58. The molecular weight excluding hydrogens is 188 g/mol. The van der Waals surface area contributed by atoms with Gasteiger partial charge in [0.1, 0.15) is 6.61 Å². The van der Waals surface area contributed by atoms with Gasteiger partial charge in [-0.3, -0.25) is 4.79 Å². The highest BCUT2D eigenvalue weighted by molar-refractivity contribution is 5.96. The summed E-state index contributed by atoms with van der Waals surface area (Å²) in [6.45, 7) is 6.08. The van der Waals surface area contributed by atoms with E-state index >= 15 is 0 Å². The van der Waals surface area contributed by atoms with E-state index in [1.54, 1.807) is 12.1 Å². The maximum absolute atomic E-state index is 11.2. The van der Waals surface area contributed by atoms with Gasteiger partial charge in [-0.05, 0) is 17.4 Å². The SMILES string of the molecule is CCC(C)(C)c1ccc(C(=O)CO)cc1. The van der Waals surface area contributed by atoms with Gasteiger partial charge >= 0.3 is 0 Å². The van der Waals surface area contributed by atoms with Crippen molar-refractivity contribution in [2.24, 2.45) is 0 Å². The smallest absolute Gasteiger partial charge is 0.188 e. The van der Waals surface area contributed by atoms with Gasteiger partial charge in [0, 0.05) is 5.56 Å². The van der Waals surface area contributed by atoms with E-state index in [9.17, 15) is 4.79 Å². The highest BCUT2D eigenvalue weighted by Gasteiger charge is 2.17. The van der Waals surface area contributed by atoms with Crippen LogP contribution in [0, 0.1) is 0 Å². The molecule has 0 radical (unpaired) electrons. The number of aliphatic hydroxyl groups is 1. The normalized spacial score (nSPS) is 11.5. The average molecular weight is 206 g/mol. The lowest BCUT2D eigenvalue weighted by molar-refractivity contribution is 0.0903. The maximum Gasteiger partial charge on any atom is 0.188 e. The number of aliphatic hydroxyl groups excluding tert-OH is 1. The molecule has 1 rings (SSSR count). The molecule has 0 amide bonds.